The molecular weight excluding hydrogens is 564 g/mol. The predicted octanol–water partition coefficient (Wildman–Crippen LogP) is 3.32. The Bertz CT molecular complexity index is 1490. The Balaban J connectivity index is 1.53. The maximum absolute atomic E-state index is 14.3. The molecule has 0 bridgehead atoms. The third-order valence-electron chi connectivity index (χ3n) is 7.43. The number of nitrogens with zero attached hydrogens (tertiary/aromatic N) is 6. The molecule has 2 saturated heterocycles. The zero-order valence-corrected chi connectivity index (χ0v) is 22.7. The zero-order chi connectivity index (χ0) is 30.3. The van der Waals surface area contributed by atoms with Crippen molar-refractivity contribution >= 4 is 23.8 Å². The van der Waals surface area contributed by atoms with Crippen LogP contribution in [-0.2, 0) is 11.3 Å². The smallest absolute Gasteiger partial charge is 0.393 e. The second kappa shape index (κ2) is 11.2. The normalized spacial score (nSPS) is 21.2. The summed E-state index contributed by atoms with van der Waals surface area (Å²) in [6, 6.07) is 6.16. The number of aromatic nitrogens is 3. The quantitative estimate of drug-likeness (QED) is 0.448. The number of benzene rings is 1. The van der Waals surface area contributed by atoms with Gasteiger partial charge in [-0.3, -0.25) is 14.5 Å². The highest BCUT2D eigenvalue weighted by Gasteiger charge is 2.53. The van der Waals surface area contributed by atoms with Gasteiger partial charge in [-0.2, -0.15) is 22.8 Å². The van der Waals surface area contributed by atoms with Gasteiger partial charge < -0.3 is 19.3 Å². The van der Waals surface area contributed by atoms with E-state index >= 15 is 0 Å². The molecule has 0 saturated carbocycles. The molecule has 5 rings (SSSR count). The molecular formula is C27H28F4N6O5. The van der Waals surface area contributed by atoms with Gasteiger partial charge in [0.05, 0.1) is 23.5 Å². The Kier molecular flexibility index (Phi) is 7.79. The van der Waals surface area contributed by atoms with Crippen LogP contribution >= 0.6 is 0 Å². The Morgan fingerprint density at radius 1 is 1.19 bits per heavy atom. The first kappa shape index (κ1) is 29.2. The van der Waals surface area contributed by atoms with Crippen molar-refractivity contribution < 1.29 is 41.5 Å². The van der Waals surface area contributed by atoms with Crippen molar-refractivity contribution in [3.8, 4) is 0 Å². The number of aliphatic hydroxyl groups is 1. The molecule has 3 atom stereocenters. The number of halogens is 4. The summed E-state index contributed by atoms with van der Waals surface area (Å²) >= 11 is 0. The van der Waals surface area contributed by atoms with Crippen molar-refractivity contribution in [2.24, 2.45) is 5.92 Å². The summed E-state index contributed by atoms with van der Waals surface area (Å²) in [5.41, 5.74) is 0.707. The van der Waals surface area contributed by atoms with Crippen molar-refractivity contribution in [1.82, 2.24) is 24.6 Å². The van der Waals surface area contributed by atoms with Gasteiger partial charge in [-0.15, -0.1) is 5.10 Å². The molecule has 15 heteroatoms. The van der Waals surface area contributed by atoms with E-state index in [1.807, 2.05) is 0 Å². The predicted molar refractivity (Wildman–Crippen MR) is 138 cm³/mol. The lowest BCUT2D eigenvalue weighted by Gasteiger charge is -2.38. The molecule has 4 heterocycles. The maximum Gasteiger partial charge on any atom is 0.393 e. The van der Waals surface area contributed by atoms with Crippen LogP contribution in [0.5, 0.6) is 0 Å². The van der Waals surface area contributed by atoms with Crippen molar-refractivity contribution in [2.45, 2.75) is 44.5 Å². The minimum atomic E-state index is -4.84. The number of imide groups is 1. The monoisotopic (exact) mass is 592 g/mol. The molecule has 224 valence electrons. The number of amides is 3. The number of carbonyl (C=O) groups excluding carboxylic acids is 3. The summed E-state index contributed by atoms with van der Waals surface area (Å²) in [5.74, 6) is -6.02. The molecule has 0 aliphatic carbocycles. The van der Waals surface area contributed by atoms with E-state index < -0.39 is 60.7 Å². The molecule has 3 amide bonds. The van der Waals surface area contributed by atoms with Crippen LogP contribution in [0.2, 0.25) is 0 Å². The lowest BCUT2D eigenvalue weighted by molar-refractivity contribution is -0.193. The maximum atomic E-state index is 14.3. The number of anilines is 1. The number of likely N-dealkylation sites (tertiary alicyclic amines) is 2. The Morgan fingerprint density at radius 3 is 2.50 bits per heavy atom. The number of carbonyl (C=O) groups is 3. The molecule has 1 aromatic carbocycles. The first-order valence-electron chi connectivity index (χ1n) is 13.2. The number of urea groups is 1. The summed E-state index contributed by atoms with van der Waals surface area (Å²) in [6.07, 6.45) is -5.17. The molecule has 3 unspecified atom stereocenters. The minimum absolute atomic E-state index is 0.0419. The third-order valence-corrected chi connectivity index (χ3v) is 7.43. The molecule has 0 spiro atoms. The van der Waals surface area contributed by atoms with Gasteiger partial charge in [-0.25, -0.2) is 9.18 Å². The summed E-state index contributed by atoms with van der Waals surface area (Å²) in [4.78, 5) is 47.1. The van der Waals surface area contributed by atoms with E-state index in [4.69, 9.17) is 4.42 Å². The highest BCUT2D eigenvalue weighted by molar-refractivity contribution is 5.97. The van der Waals surface area contributed by atoms with Crippen LogP contribution in [0.1, 0.15) is 46.3 Å². The standard InChI is InChI=1S/C27H28F4N6O5/c1-15-9-17(14-42-15)24(40)37-25(34(2)11-16-3-5-18(28)6-4-16)32-23(33-37)20-13-36(22(39)10-21(20)27(29,30)31)26(41)35-8-7-19(38)12-35/h3-6,9,14,19-21,38H,7-8,10-13H2,1-2H3. The number of rotatable bonds is 5. The van der Waals surface area contributed by atoms with E-state index in [-0.39, 0.29) is 43.4 Å². The van der Waals surface area contributed by atoms with Crippen LogP contribution in [0.3, 0.4) is 0 Å². The average Bonchev–Trinajstić information content (AvgIpc) is 3.68. The molecule has 2 aliphatic heterocycles. The fraction of sp³-hybridized carbons (Fsp3) is 0.444. The van der Waals surface area contributed by atoms with Crippen LogP contribution < -0.4 is 4.90 Å². The Morgan fingerprint density at radius 2 is 1.90 bits per heavy atom. The van der Waals surface area contributed by atoms with Crippen LogP contribution in [0.25, 0.3) is 0 Å². The molecule has 2 fully saturated rings. The van der Waals surface area contributed by atoms with E-state index in [2.05, 4.69) is 10.1 Å². The number of aliphatic hydroxyl groups excluding tert-OH is 1. The van der Waals surface area contributed by atoms with Crippen LogP contribution in [0, 0.1) is 18.7 Å². The average molecular weight is 593 g/mol. The lowest BCUT2D eigenvalue weighted by atomic mass is 9.84. The van der Waals surface area contributed by atoms with E-state index in [0.717, 1.165) is 9.58 Å². The van der Waals surface area contributed by atoms with Crippen molar-refractivity contribution in [1.29, 1.82) is 0 Å². The molecule has 2 aromatic heterocycles. The molecule has 2 aliphatic rings. The fourth-order valence-corrected chi connectivity index (χ4v) is 5.21. The summed E-state index contributed by atoms with van der Waals surface area (Å²) in [5, 5.41) is 14.0. The molecule has 1 N–H and O–H groups in total. The number of β-amino-alcohol motifs (C(OH)–C–C–N with tert-alkyl or cyclic N) is 1. The molecule has 42 heavy (non-hydrogen) atoms. The first-order valence-corrected chi connectivity index (χ1v) is 13.2. The van der Waals surface area contributed by atoms with E-state index in [1.165, 1.54) is 46.4 Å². The van der Waals surface area contributed by atoms with Crippen LogP contribution in [0.4, 0.5) is 28.3 Å². The summed E-state index contributed by atoms with van der Waals surface area (Å²) < 4.78 is 62.3. The topological polar surface area (TPSA) is 125 Å². The van der Waals surface area contributed by atoms with Crippen molar-refractivity contribution in [3.63, 3.8) is 0 Å². The Hall–Kier alpha value is -4.27. The van der Waals surface area contributed by atoms with Gasteiger partial charge in [0.25, 0.3) is 5.91 Å². The SMILES string of the molecule is Cc1cc(C(=O)n2nc(C3CN(C(=O)N4CCC(O)C4)C(=O)CC3C(F)(F)F)nc2N(C)Cc2ccc(F)cc2)co1. The van der Waals surface area contributed by atoms with Gasteiger partial charge in [-0.05, 0) is 37.1 Å². The highest BCUT2D eigenvalue weighted by Crippen LogP contribution is 2.43. The molecule has 0 radical (unpaired) electrons. The van der Waals surface area contributed by atoms with Crippen molar-refractivity contribution in [3.05, 3.63) is 65.1 Å². The lowest BCUT2D eigenvalue weighted by Crippen LogP contribution is -2.53. The van der Waals surface area contributed by atoms with Gasteiger partial charge in [0, 0.05) is 39.6 Å². The molecule has 3 aromatic rings. The number of piperidine rings is 1. The van der Waals surface area contributed by atoms with Gasteiger partial charge in [0.1, 0.15) is 17.8 Å². The second-order valence-electron chi connectivity index (χ2n) is 10.5. The number of hydrogen-bond donors (Lipinski definition) is 1. The minimum Gasteiger partial charge on any atom is -0.469 e. The highest BCUT2D eigenvalue weighted by atomic mass is 19.4. The molecule has 11 nitrogen and oxygen atoms in total. The number of furan rings is 1. The largest absolute Gasteiger partial charge is 0.469 e. The van der Waals surface area contributed by atoms with E-state index in [1.54, 1.807) is 14.0 Å². The van der Waals surface area contributed by atoms with Gasteiger partial charge in [-0.1, -0.05) is 12.1 Å². The summed E-state index contributed by atoms with van der Waals surface area (Å²) in [7, 11) is 1.54. The zero-order valence-electron chi connectivity index (χ0n) is 22.7. The van der Waals surface area contributed by atoms with Crippen LogP contribution in [-0.4, -0.2) is 86.5 Å². The van der Waals surface area contributed by atoms with Crippen LogP contribution in [0.15, 0.2) is 41.0 Å². The van der Waals surface area contributed by atoms with E-state index in [0.29, 0.717) is 11.3 Å². The fourth-order valence-electron chi connectivity index (χ4n) is 5.21. The summed E-state index contributed by atoms with van der Waals surface area (Å²) in [6.45, 7) is 1.16. The van der Waals surface area contributed by atoms with E-state index in [9.17, 15) is 37.1 Å². The number of alkyl halides is 3. The number of aryl methyl sites for hydroxylation is 1. The van der Waals surface area contributed by atoms with Gasteiger partial charge >= 0.3 is 12.2 Å². The second-order valence-corrected chi connectivity index (χ2v) is 10.5. The number of hydrogen-bond acceptors (Lipinski definition) is 8. The van der Waals surface area contributed by atoms with Crippen molar-refractivity contribution in [2.75, 3.05) is 31.6 Å². The third kappa shape index (κ3) is 5.86. The van der Waals surface area contributed by atoms with Gasteiger partial charge in [0.2, 0.25) is 11.9 Å². The Labute approximate surface area is 237 Å². The van der Waals surface area contributed by atoms with Gasteiger partial charge in [0.15, 0.2) is 5.82 Å². The first-order chi connectivity index (χ1) is 19.8.